The molecule has 3 heteroatoms. The zero-order valence-electron chi connectivity index (χ0n) is 11.4. The lowest BCUT2D eigenvalue weighted by Crippen LogP contribution is -2.54. The molecule has 0 bridgehead atoms. The van der Waals surface area contributed by atoms with Crippen molar-refractivity contribution in [1.82, 2.24) is 5.32 Å². The number of hydrogen-bond donors (Lipinski definition) is 2. The summed E-state index contributed by atoms with van der Waals surface area (Å²) in [6.07, 6.45) is 2.95. The lowest BCUT2D eigenvalue weighted by Gasteiger charge is -2.44. The summed E-state index contributed by atoms with van der Waals surface area (Å²) in [6.45, 7) is 2.66. The number of nitrogens with one attached hydrogen (secondary N) is 1. The van der Waals surface area contributed by atoms with Gasteiger partial charge in [0.05, 0.1) is 5.41 Å². The van der Waals surface area contributed by atoms with Gasteiger partial charge in [0.25, 0.3) is 0 Å². The third-order valence-electron chi connectivity index (χ3n) is 4.69. The van der Waals surface area contributed by atoms with Gasteiger partial charge in [-0.05, 0) is 30.7 Å². The number of benzene rings is 1. The van der Waals surface area contributed by atoms with Crippen LogP contribution in [-0.2, 0) is 4.79 Å². The Morgan fingerprint density at radius 2 is 2.05 bits per heavy atom. The first-order chi connectivity index (χ1) is 9.14. The van der Waals surface area contributed by atoms with E-state index in [-0.39, 0.29) is 11.3 Å². The van der Waals surface area contributed by atoms with Crippen LogP contribution in [0.3, 0.4) is 0 Å². The van der Waals surface area contributed by atoms with E-state index in [0.717, 1.165) is 19.3 Å². The van der Waals surface area contributed by atoms with E-state index in [0.29, 0.717) is 24.4 Å². The maximum atomic E-state index is 12.4. The van der Waals surface area contributed by atoms with Crippen molar-refractivity contribution in [2.45, 2.75) is 38.1 Å². The molecule has 1 aromatic rings. The van der Waals surface area contributed by atoms with Gasteiger partial charge in [0.2, 0.25) is 5.91 Å². The van der Waals surface area contributed by atoms with Gasteiger partial charge in [0, 0.05) is 18.5 Å². The summed E-state index contributed by atoms with van der Waals surface area (Å²) < 4.78 is 0. The second kappa shape index (κ2) is 4.64. The molecule has 0 radical (unpaired) electrons. The third-order valence-corrected chi connectivity index (χ3v) is 4.69. The Balaban J connectivity index is 1.58. The summed E-state index contributed by atoms with van der Waals surface area (Å²) in [4.78, 5) is 12.4. The van der Waals surface area contributed by atoms with Gasteiger partial charge < -0.3 is 11.1 Å². The molecule has 1 amide bonds. The molecular formula is C16H22N2O. The van der Waals surface area contributed by atoms with E-state index in [1.54, 1.807) is 0 Å². The highest BCUT2D eigenvalue weighted by atomic mass is 16.2. The Labute approximate surface area is 114 Å². The van der Waals surface area contributed by atoms with Crippen molar-refractivity contribution in [2.24, 2.45) is 17.1 Å². The van der Waals surface area contributed by atoms with E-state index in [1.165, 1.54) is 5.56 Å². The maximum absolute atomic E-state index is 12.4. The fourth-order valence-electron chi connectivity index (χ4n) is 3.46. The number of amides is 1. The molecule has 0 saturated heterocycles. The van der Waals surface area contributed by atoms with Crippen molar-refractivity contribution in [3.8, 4) is 0 Å². The average molecular weight is 258 g/mol. The number of rotatable bonds is 4. The molecule has 3 rings (SSSR count). The molecule has 2 saturated carbocycles. The molecule has 2 atom stereocenters. The molecule has 0 heterocycles. The predicted octanol–water partition coefficient (Wildman–Crippen LogP) is 2.03. The quantitative estimate of drug-likeness (QED) is 0.868. The summed E-state index contributed by atoms with van der Waals surface area (Å²) in [5.74, 6) is 1.31. The van der Waals surface area contributed by atoms with Crippen LogP contribution in [0.5, 0.6) is 0 Å². The fraction of sp³-hybridized carbons (Fsp3) is 0.562. The molecule has 2 fully saturated rings. The predicted molar refractivity (Wildman–Crippen MR) is 75.6 cm³/mol. The molecule has 2 unspecified atom stereocenters. The number of nitrogens with two attached hydrogens (primary N) is 1. The van der Waals surface area contributed by atoms with Gasteiger partial charge in [-0.3, -0.25) is 4.79 Å². The highest BCUT2D eigenvalue weighted by Crippen LogP contribution is 2.47. The average Bonchev–Trinajstić information content (AvgIpc) is 3.15. The molecule has 0 aliphatic heterocycles. The first-order valence-electron chi connectivity index (χ1n) is 7.20. The minimum Gasteiger partial charge on any atom is -0.352 e. The third kappa shape index (κ3) is 2.27. The minimum absolute atomic E-state index is 0.177. The summed E-state index contributed by atoms with van der Waals surface area (Å²) in [5.41, 5.74) is 6.87. The largest absolute Gasteiger partial charge is 0.352 e. The normalized spacial score (nSPS) is 36.4. The number of carbonyl (C=O) groups is 1. The van der Waals surface area contributed by atoms with Gasteiger partial charge in [-0.15, -0.1) is 0 Å². The van der Waals surface area contributed by atoms with Crippen molar-refractivity contribution in [3.63, 3.8) is 0 Å². The molecule has 102 valence electrons. The van der Waals surface area contributed by atoms with Gasteiger partial charge in [0.15, 0.2) is 0 Å². The molecular weight excluding hydrogens is 236 g/mol. The number of carbonyl (C=O) groups excluding carboxylic acids is 1. The molecule has 19 heavy (non-hydrogen) atoms. The maximum Gasteiger partial charge on any atom is 0.227 e. The Bertz CT molecular complexity index is 465. The topological polar surface area (TPSA) is 55.1 Å². The highest BCUT2D eigenvalue weighted by Gasteiger charge is 2.50. The van der Waals surface area contributed by atoms with E-state index in [9.17, 15) is 4.79 Å². The van der Waals surface area contributed by atoms with E-state index in [1.807, 2.05) is 6.07 Å². The van der Waals surface area contributed by atoms with E-state index in [2.05, 4.69) is 36.5 Å². The summed E-state index contributed by atoms with van der Waals surface area (Å²) in [6, 6.07) is 10.7. The van der Waals surface area contributed by atoms with Crippen LogP contribution in [0.1, 0.15) is 37.7 Å². The Hall–Kier alpha value is -1.35. The summed E-state index contributed by atoms with van der Waals surface area (Å²) >= 11 is 0. The van der Waals surface area contributed by atoms with Gasteiger partial charge in [-0.2, -0.15) is 0 Å². The van der Waals surface area contributed by atoms with E-state index in [4.69, 9.17) is 5.73 Å². The summed E-state index contributed by atoms with van der Waals surface area (Å²) in [5, 5.41) is 3.20. The SMILES string of the molecule is CC1CC(CN)(C(=O)NC2CC2c2ccccc2)C1. The van der Waals surface area contributed by atoms with Crippen LogP contribution in [0.2, 0.25) is 0 Å². The molecule has 2 aliphatic carbocycles. The smallest absolute Gasteiger partial charge is 0.227 e. The lowest BCUT2D eigenvalue weighted by atomic mass is 9.62. The van der Waals surface area contributed by atoms with Crippen molar-refractivity contribution in [3.05, 3.63) is 35.9 Å². The molecule has 0 aromatic heterocycles. The standard InChI is InChI=1S/C16H22N2O/c1-11-8-16(9-11,10-17)15(19)18-14-7-13(14)12-5-3-2-4-6-12/h2-6,11,13-14H,7-10,17H2,1H3,(H,18,19). The van der Waals surface area contributed by atoms with Gasteiger partial charge >= 0.3 is 0 Å². The molecule has 2 aliphatic rings. The van der Waals surface area contributed by atoms with Gasteiger partial charge in [-0.25, -0.2) is 0 Å². The molecule has 3 N–H and O–H groups in total. The van der Waals surface area contributed by atoms with Crippen LogP contribution in [-0.4, -0.2) is 18.5 Å². The zero-order chi connectivity index (χ0) is 13.5. The first kappa shape index (κ1) is 12.7. The van der Waals surface area contributed by atoms with Gasteiger partial charge in [0.1, 0.15) is 0 Å². The Kier molecular flexibility index (Phi) is 3.09. The van der Waals surface area contributed by atoms with E-state index >= 15 is 0 Å². The molecule has 0 spiro atoms. The fourth-order valence-corrected chi connectivity index (χ4v) is 3.46. The second-order valence-corrected chi connectivity index (χ2v) is 6.33. The van der Waals surface area contributed by atoms with Gasteiger partial charge in [-0.1, -0.05) is 37.3 Å². The van der Waals surface area contributed by atoms with Crippen LogP contribution in [0, 0.1) is 11.3 Å². The monoisotopic (exact) mass is 258 g/mol. The Morgan fingerprint density at radius 3 is 2.63 bits per heavy atom. The van der Waals surface area contributed by atoms with E-state index < -0.39 is 0 Å². The van der Waals surface area contributed by atoms with Crippen molar-refractivity contribution < 1.29 is 4.79 Å². The number of hydrogen-bond acceptors (Lipinski definition) is 2. The lowest BCUT2D eigenvalue weighted by molar-refractivity contribution is -0.138. The molecule has 1 aromatic carbocycles. The van der Waals surface area contributed by atoms with Crippen LogP contribution in [0.15, 0.2) is 30.3 Å². The van der Waals surface area contributed by atoms with Crippen LogP contribution >= 0.6 is 0 Å². The van der Waals surface area contributed by atoms with Crippen LogP contribution < -0.4 is 11.1 Å². The zero-order valence-corrected chi connectivity index (χ0v) is 11.4. The van der Waals surface area contributed by atoms with Crippen LogP contribution in [0.4, 0.5) is 0 Å². The minimum atomic E-state index is -0.275. The second-order valence-electron chi connectivity index (χ2n) is 6.33. The first-order valence-corrected chi connectivity index (χ1v) is 7.20. The van der Waals surface area contributed by atoms with Crippen molar-refractivity contribution in [2.75, 3.05) is 6.54 Å². The van der Waals surface area contributed by atoms with Crippen LogP contribution in [0.25, 0.3) is 0 Å². The highest BCUT2D eigenvalue weighted by molar-refractivity contribution is 5.84. The summed E-state index contributed by atoms with van der Waals surface area (Å²) in [7, 11) is 0. The Morgan fingerprint density at radius 1 is 1.37 bits per heavy atom. The molecule has 3 nitrogen and oxygen atoms in total. The van der Waals surface area contributed by atoms with Crippen molar-refractivity contribution >= 4 is 5.91 Å². The van der Waals surface area contributed by atoms with Crippen molar-refractivity contribution in [1.29, 1.82) is 0 Å².